The first kappa shape index (κ1) is 11.8. The van der Waals surface area contributed by atoms with Crippen LogP contribution in [0.5, 0.6) is 0 Å². The zero-order valence-electron chi connectivity index (χ0n) is 8.56. The molecule has 1 rings (SSSR count). The molecule has 0 spiro atoms. The first-order valence-electron chi connectivity index (χ1n) is 5.09. The number of hydrogen-bond donors (Lipinski definition) is 1. The fourth-order valence-electron chi connectivity index (χ4n) is 2.14. The maximum Gasteiger partial charge on any atom is 0.417 e. The quantitative estimate of drug-likeness (QED) is 0.742. The number of halogens is 3. The van der Waals surface area contributed by atoms with E-state index in [9.17, 15) is 18.3 Å². The first-order valence-corrected chi connectivity index (χ1v) is 5.09. The van der Waals surface area contributed by atoms with Crippen LogP contribution in [-0.4, -0.2) is 16.9 Å². The lowest BCUT2D eigenvalue weighted by molar-refractivity contribution is -0.258. The van der Waals surface area contributed by atoms with Gasteiger partial charge in [-0.05, 0) is 31.1 Å². The Kier molecular flexibility index (Phi) is 3.14. The Morgan fingerprint density at radius 1 is 1.50 bits per heavy atom. The molecule has 4 heteroatoms. The molecule has 84 valence electrons. The average molecular weight is 210 g/mol. The van der Waals surface area contributed by atoms with E-state index in [4.69, 9.17) is 0 Å². The number of hydrogen-bond acceptors (Lipinski definition) is 1. The Bertz CT molecular complexity index is 202. The SMILES string of the molecule is CCC(C)C1CCC(O)(C(F)(F)F)C1. The molecular formula is C10H17F3O. The van der Waals surface area contributed by atoms with Gasteiger partial charge in [0.15, 0.2) is 5.60 Å². The Morgan fingerprint density at radius 3 is 2.43 bits per heavy atom. The van der Waals surface area contributed by atoms with E-state index in [0.717, 1.165) is 6.42 Å². The topological polar surface area (TPSA) is 20.2 Å². The third-order valence-electron chi connectivity index (χ3n) is 3.50. The maximum atomic E-state index is 12.4. The lowest BCUT2D eigenvalue weighted by Gasteiger charge is -2.26. The predicted octanol–water partition coefficient (Wildman–Crippen LogP) is 3.13. The fraction of sp³-hybridized carbons (Fsp3) is 1.00. The third-order valence-corrected chi connectivity index (χ3v) is 3.50. The molecule has 1 saturated carbocycles. The van der Waals surface area contributed by atoms with E-state index >= 15 is 0 Å². The summed E-state index contributed by atoms with van der Waals surface area (Å²) in [5.74, 6) is 0.290. The van der Waals surface area contributed by atoms with Crippen molar-refractivity contribution in [2.45, 2.75) is 51.3 Å². The molecule has 1 nitrogen and oxygen atoms in total. The van der Waals surface area contributed by atoms with Gasteiger partial charge in [-0.1, -0.05) is 20.3 Å². The van der Waals surface area contributed by atoms with Gasteiger partial charge in [0, 0.05) is 0 Å². The van der Waals surface area contributed by atoms with Crippen LogP contribution in [-0.2, 0) is 0 Å². The standard InChI is InChI=1S/C10H17F3O/c1-3-7(2)8-4-5-9(14,6-8)10(11,12)13/h7-8,14H,3-6H2,1-2H3. The molecule has 0 aromatic heterocycles. The van der Waals surface area contributed by atoms with Crippen LogP contribution in [0.4, 0.5) is 13.2 Å². The number of aliphatic hydroxyl groups is 1. The highest BCUT2D eigenvalue weighted by atomic mass is 19.4. The fourth-order valence-corrected chi connectivity index (χ4v) is 2.14. The van der Waals surface area contributed by atoms with Crippen LogP contribution >= 0.6 is 0 Å². The monoisotopic (exact) mass is 210 g/mol. The van der Waals surface area contributed by atoms with E-state index in [1.165, 1.54) is 0 Å². The van der Waals surface area contributed by atoms with Crippen molar-refractivity contribution in [1.29, 1.82) is 0 Å². The molecule has 1 aliphatic carbocycles. The molecule has 1 aliphatic rings. The van der Waals surface area contributed by atoms with Crippen LogP contribution in [0, 0.1) is 11.8 Å². The summed E-state index contributed by atoms with van der Waals surface area (Å²) in [6.45, 7) is 3.92. The van der Waals surface area contributed by atoms with E-state index in [1.54, 1.807) is 0 Å². The Labute approximate surface area is 82.3 Å². The summed E-state index contributed by atoms with van der Waals surface area (Å²) in [5.41, 5.74) is -2.42. The van der Waals surface area contributed by atoms with Gasteiger partial charge in [-0.25, -0.2) is 0 Å². The lowest BCUT2D eigenvalue weighted by Crippen LogP contribution is -2.42. The lowest BCUT2D eigenvalue weighted by atomic mass is 9.89. The van der Waals surface area contributed by atoms with Gasteiger partial charge in [0.1, 0.15) is 0 Å². The molecule has 14 heavy (non-hydrogen) atoms. The van der Waals surface area contributed by atoms with E-state index in [1.807, 2.05) is 13.8 Å². The van der Waals surface area contributed by atoms with Crippen LogP contribution in [0.15, 0.2) is 0 Å². The van der Waals surface area contributed by atoms with E-state index in [2.05, 4.69) is 0 Å². The third kappa shape index (κ3) is 2.05. The van der Waals surface area contributed by atoms with Crippen molar-refractivity contribution in [2.24, 2.45) is 11.8 Å². The normalized spacial score (nSPS) is 36.0. The molecule has 0 heterocycles. The zero-order chi connectivity index (χ0) is 11.0. The van der Waals surface area contributed by atoms with E-state index < -0.39 is 11.8 Å². The van der Waals surface area contributed by atoms with Crippen LogP contribution < -0.4 is 0 Å². The van der Waals surface area contributed by atoms with Crippen molar-refractivity contribution in [1.82, 2.24) is 0 Å². The second-order valence-electron chi connectivity index (χ2n) is 4.42. The molecule has 3 atom stereocenters. The summed E-state index contributed by atoms with van der Waals surface area (Å²) in [5, 5.41) is 9.42. The van der Waals surface area contributed by atoms with Crippen molar-refractivity contribution in [3.63, 3.8) is 0 Å². The summed E-state index contributed by atoms with van der Waals surface area (Å²) in [6.07, 6.45) is -3.35. The van der Waals surface area contributed by atoms with Gasteiger partial charge in [-0.15, -0.1) is 0 Å². The first-order chi connectivity index (χ1) is 6.30. The zero-order valence-corrected chi connectivity index (χ0v) is 8.56. The van der Waals surface area contributed by atoms with Crippen molar-refractivity contribution in [3.05, 3.63) is 0 Å². The molecule has 0 aromatic rings. The molecule has 0 saturated heterocycles. The van der Waals surface area contributed by atoms with Gasteiger partial charge in [0.25, 0.3) is 0 Å². The number of alkyl halides is 3. The molecule has 1 N–H and O–H groups in total. The average Bonchev–Trinajstić information content (AvgIpc) is 2.47. The summed E-state index contributed by atoms with van der Waals surface area (Å²) in [4.78, 5) is 0. The smallest absolute Gasteiger partial charge is 0.380 e. The minimum absolute atomic E-state index is 0.0200. The van der Waals surface area contributed by atoms with Crippen molar-refractivity contribution in [3.8, 4) is 0 Å². The summed E-state index contributed by atoms with van der Waals surface area (Å²) in [7, 11) is 0. The van der Waals surface area contributed by atoms with E-state index in [0.29, 0.717) is 6.42 Å². The van der Waals surface area contributed by atoms with Gasteiger partial charge in [0.2, 0.25) is 0 Å². The second-order valence-corrected chi connectivity index (χ2v) is 4.42. The largest absolute Gasteiger partial charge is 0.417 e. The highest BCUT2D eigenvalue weighted by Gasteiger charge is 2.57. The second kappa shape index (κ2) is 3.72. The van der Waals surface area contributed by atoms with Crippen LogP contribution in [0.2, 0.25) is 0 Å². The molecule has 0 aliphatic heterocycles. The minimum atomic E-state index is -4.46. The van der Waals surface area contributed by atoms with Crippen molar-refractivity contribution < 1.29 is 18.3 Å². The highest BCUT2D eigenvalue weighted by Crippen LogP contribution is 2.47. The Morgan fingerprint density at radius 2 is 2.07 bits per heavy atom. The van der Waals surface area contributed by atoms with Gasteiger partial charge in [-0.2, -0.15) is 13.2 Å². The maximum absolute atomic E-state index is 12.4. The van der Waals surface area contributed by atoms with Crippen LogP contribution in [0.1, 0.15) is 39.5 Å². The molecule has 3 unspecified atom stereocenters. The molecular weight excluding hydrogens is 193 g/mol. The molecule has 0 radical (unpaired) electrons. The van der Waals surface area contributed by atoms with Crippen LogP contribution in [0.3, 0.4) is 0 Å². The molecule has 1 fully saturated rings. The summed E-state index contributed by atoms with van der Waals surface area (Å²) < 4.78 is 37.3. The Balaban J connectivity index is 2.64. The summed E-state index contributed by atoms with van der Waals surface area (Å²) in [6, 6.07) is 0. The van der Waals surface area contributed by atoms with Crippen LogP contribution in [0.25, 0.3) is 0 Å². The van der Waals surface area contributed by atoms with E-state index in [-0.39, 0.29) is 24.7 Å². The van der Waals surface area contributed by atoms with Gasteiger partial charge < -0.3 is 5.11 Å². The van der Waals surface area contributed by atoms with Gasteiger partial charge in [-0.3, -0.25) is 0 Å². The molecule has 0 amide bonds. The van der Waals surface area contributed by atoms with Gasteiger partial charge in [0.05, 0.1) is 0 Å². The molecule has 0 bridgehead atoms. The minimum Gasteiger partial charge on any atom is -0.380 e. The van der Waals surface area contributed by atoms with Crippen molar-refractivity contribution >= 4 is 0 Å². The highest BCUT2D eigenvalue weighted by molar-refractivity contribution is 4.95. The number of rotatable bonds is 2. The van der Waals surface area contributed by atoms with Gasteiger partial charge >= 0.3 is 6.18 Å². The Hall–Kier alpha value is -0.250. The predicted molar refractivity (Wildman–Crippen MR) is 47.8 cm³/mol. The summed E-state index contributed by atoms with van der Waals surface area (Å²) >= 11 is 0. The molecule has 0 aromatic carbocycles. The van der Waals surface area contributed by atoms with Crippen molar-refractivity contribution in [2.75, 3.05) is 0 Å².